The Morgan fingerprint density at radius 2 is 1.45 bits per heavy atom. The van der Waals surface area contributed by atoms with Gasteiger partial charge in [-0.05, 0) is 36.1 Å². The largest absolute Gasteiger partial charge is 0.424 e. The number of hydrogen-bond acceptors (Lipinski definition) is 4. The molecule has 0 fully saturated rings. The molecule has 0 aliphatic carbocycles. The Labute approximate surface area is 181 Å². The van der Waals surface area contributed by atoms with Crippen LogP contribution in [0.25, 0.3) is 11.0 Å². The monoisotopic (exact) mass is 412 g/mol. The smallest absolute Gasteiger partial charge is 0.343 e. The second-order valence-electron chi connectivity index (χ2n) is 7.47. The molecule has 0 amide bonds. The molecule has 0 saturated carbocycles. The predicted molar refractivity (Wildman–Crippen MR) is 121 cm³/mol. The van der Waals surface area contributed by atoms with E-state index in [1.54, 1.807) is 12.1 Å². The van der Waals surface area contributed by atoms with Gasteiger partial charge in [-0.3, -0.25) is 4.79 Å². The first kappa shape index (κ1) is 20.6. The average molecular weight is 412 g/mol. The predicted octanol–water partition coefficient (Wildman–Crippen LogP) is 5.87. The van der Waals surface area contributed by atoms with Gasteiger partial charge in [0.2, 0.25) is 0 Å². The van der Waals surface area contributed by atoms with Gasteiger partial charge in [-0.1, -0.05) is 86.1 Å². The zero-order valence-corrected chi connectivity index (χ0v) is 17.4. The number of carbonyl (C=O) groups is 1. The van der Waals surface area contributed by atoms with Crippen LogP contribution in [0, 0.1) is 0 Å². The minimum absolute atomic E-state index is 0.308. The Kier molecular flexibility index (Phi) is 6.27. The molecule has 31 heavy (non-hydrogen) atoms. The highest BCUT2D eigenvalue weighted by molar-refractivity contribution is 5.90. The molecule has 3 aromatic carbocycles. The van der Waals surface area contributed by atoms with Crippen LogP contribution < -0.4 is 10.4 Å². The summed E-state index contributed by atoms with van der Waals surface area (Å²) in [4.78, 5) is 26.2. The van der Waals surface area contributed by atoms with Gasteiger partial charge in [0.15, 0.2) is 5.75 Å². The molecule has 0 aliphatic heterocycles. The molecule has 4 heteroatoms. The van der Waals surface area contributed by atoms with Crippen molar-refractivity contribution in [1.29, 1.82) is 0 Å². The Bertz CT molecular complexity index is 1190. The molecule has 4 rings (SSSR count). The van der Waals surface area contributed by atoms with Gasteiger partial charge < -0.3 is 9.15 Å². The van der Waals surface area contributed by atoms with E-state index in [4.69, 9.17) is 9.15 Å². The molecule has 0 spiro atoms. The second-order valence-corrected chi connectivity index (χ2v) is 7.47. The molecule has 0 bridgehead atoms. The van der Waals surface area contributed by atoms with Gasteiger partial charge in [0.05, 0.1) is 10.9 Å². The van der Waals surface area contributed by atoms with Crippen molar-refractivity contribution in [3.63, 3.8) is 0 Å². The van der Waals surface area contributed by atoms with Crippen LogP contribution in [0.4, 0.5) is 0 Å². The first-order valence-corrected chi connectivity index (χ1v) is 10.6. The maximum Gasteiger partial charge on any atom is 0.343 e. The number of rotatable bonds is 7. The molecule has 4 aromatic rings. The summed E-state index contributed by atoms with van der Waals surface area (Å²) in [6.45, 7) is 2.05. The molecule has 0 atom stereocenters. The van der Waals surface area contributed by atoms with E-state index in [1.165, 1.54) is 0 Å². The minimum Gasteiger partial charge on any atom is -0.424 e. The topological polar surface area (TPSA) is 56.5 Å². The summed E-state index contributed by atoms with van der Waals surface area (Å²) in [7, 11) is 0. The summed E-state index contributed by atoms with van der Waals surface area (Å²) in [5, 5.41) is 0.626. The van der Waals surface area contributed by atoms with E-state index in [2.05, 4.69) is 6.92 Å². The number of benzene rings is 3. The Morgan fingerprint density at radius 1 is 0.871 bits per heavy atom. The highest BCUT2D eigenvalue weighted by atomic mass is 16.5. The summed E-state index contributed by atoms with van der Waals surface area (Å²) in [6.07, 6.45) is 2.21. The molecule has 1 heterocycles. The Balaban J connectivity index is 1.81. The first-order valence-electron chi connectivity index (χ1n) is 10.6. The fraction of sp³-hybridized carbons (Fsp3) is 0.185. The zero-order chi connectivity index (χ0) is 21.6. The van der Waals surface area contributed by atoms with Crippen LogP contribution in [0.2, 0.25) is 0 Å². The van der Waals surface area contributed by atoms with Crippen LogP contribution in [0.5, 0.6) is 5.75 Å². The third-order valence-electron chi connectivity index (χ3n) is 5.34. The van der Waals surface area contributed by atoms with Gasteiger partial charge in [0.1, 0.15) is 11.5 Å². The van der Waals surface area contributed by atoms with Gasteiger partial charge in [-0.15, -0.1) is 0 Å². The van der Waals surface area contributed by atoms with E-state index in [0.717, 1.165) is 24.0 Å². The number of carbonyl (C=O) groups excluding carboxylic acids is 1. The zero-order valence-electron chi connectivity index (χ0n) is 17.4. The number of esters is 1. The van der Waals surface area contributed by atoms with Crippen LogP contribution in [0.3, 0.4) is 0 Å². The van der Waals surface area contributed by atoms with E-state index >= 15 is 0 Å². The number of hydrogen-bond donors (Lipinski definition) is 0. The highest BCUT2D eigenvalue weighted by Crippen LogP contribution is 2.32. The lowest BCUT2D eigenvalue weighted by molar-refractivity contribution is -0.135. The summed E-state index contributed by atoms with van der Waals surface area (Å²) in [5.41, 5.74) is 2.04. The molecule has 4 nitrogen and oxygen atoms in total. The van der Waals surface area contributed by atoms with E-state index in [1.807, 2.05) is 72.8 Å². The SMILES string of the molecule is CCCCc1c(OC(=O)C(c2ccccc2)c2ccccc2)c2ccccc2oc1=O. The molecule has 0 saturated heterocycles. The third kappa shape index (κ3) is 4.43. The van der Waals surface area contributed by atoms with Crippen molar-refractivity contribution >= 4 is 16.9 Å². The van der Waals surface area contributed by atoms with Crippen LogP contribution in [-0.4, -0.2) is 5.97 Å². The van der Waals surface area contributed by atoms with Crippen molar-refractivity contribution in [2.45, 2.75) is 32.1 Å². The molecule has 0 radical (unpaired) electrons. The van der Waals surface area contributed by atoms with E-state index in [-0.39, 0.29) is 0 Å². The summed E-state index contributed by atoms with van der Waals surface area (Å²) in [6, 6.07) is 26.2. The molecule has 1 aromatic heterocycles. The summed E-state index contributed by atoms with van der Waals surface area (Å²) >= 11 is 0. The Hall–Kier alpha value is -3.66. The molecular formula is C27H24O4. The van der Waals surface area contributed by atoms with Crippen LogP contribution in [-0.2, 0) is 11.2 Å². The standard InChI is InChI=1S/C27H24O4/c1-2-3-16-22-25(21-17-10-11-18-23(21)30-26(22)28)31-27(29)24(19-12-6-4-7-13-19)20-14-8-5-9-15-20/h4-15,17-18,24H,2-3,16H2,1H3. The van der Waals surface area contributed by atoms with Crippen molar-refractivity contribution in [2.24, 2.45) is 0 Å². The Morgan fingerprint density at radius 3 is 2.06 bits per heavy atom. The first-order chi connectivity index (χ1) is 15.2. The lowest BCUT2D eigenvalue weighted by atomic mass is 9.91. The van der Waals surface area contributed by atoms with Crippen LogP contribution >= 0.6 is 0 Å². The van der Waals surface area contributed by atoms with Crippen molar-refractivity contribution in [1.82, 2.24) is 0 Å². The number of unbranched alkanes of at least 4 members (excludes halogenated alkanes) is 1. The van der Waals surface area contributed by atoms with Gasteiger partial charge >= 0.3 is 11.6 Å². The lowest BCUT2D eigenvalue weighted by Gasteiger charge is -2.18. The number of ether oxygens (including phenoxy) is 1. The van der Waals surface area contributed by atoms with Crippen molar-refractivity contribution in [3.05, 3.63) is 112 Å². The molecular weight excluding hydrogens is 388 g/mol. The summed E-state index contributed by atoms with van der Waals surface area (Å²) in [5.74, 6) is -0.722. The van der Waals surface area contributed by atoms with Crippen molar-refractivity contribution in [2.75, 3.05) is 0 Å². The molecule has 0 aliphatic rings. The third-order valence-corrected chi connectivity index (χ3v) is 5.34. The quantitative estimate of drug-likeness (QED) is 0.281. The highest BCUT2D eigenvalue weighted by Gasteiger charge is 2.27. The van der Waals surface area contributed by atoms with Gasteiger partial charge in [-0.2, -0.15) is 0 Å². The van der Waals surface area contributed by atoms with E-state index in [9.17, 15) is 9.59 Å². The van der Waals surface area contributed by atoms with E-state index < -0.39 is 17.5 Å². The number of para-hydroxylation sites is 1. The maximum atomic E-state index is 13.5. The van der Waals surface area contributed by atoms with Gasteiger partial charge in [0, 0.05) is 0 Å². The van der Waals surface area contributed by atoms with Crippen molar-refractivity contribution in [3.8, 4) is 5.75 Å². The number of fused-ring (bicyclic) bond motifs is 1. The second kappa shape index (κ2) is 9.43. The van der Waals surface area contributed by atoms with Gasteiger partial charge in [0.25, 0.3) is 0 Å². The average Bonchev–Trinajstić information content (AvgIpc) is 2.80. The van der Waals surface area contributed by atoms with Gasteiger partial charge in [-0.25, -0.2) is 4.79 Å². The van der Waals surface area contributed by atoms with E-state index in [0.29, 0.717) is 28.7 Å². The van der Waals surface area contributed by atoms with Crippen LogP contribution in [0.15, 0.2) is 94.1 Å². The lowest BCUT2D eigenvalue weighted by Crippen LogP contribution is -2.22. The molecule has 0 N–H and O–H groups in total. The minimum atomic E-state index is -0.604. The summed E-state index contributed by atoms with van der Waals surface area (Å²) < 4.78 is 11.5. The maximum absolute atomic E-state index is 13.5. The molecule has 156 valence electrons. The fourth-order valence-electron chi connectivity index (χ4n) is 3.76. The normalized spacial score (nSPS) is 11.0. The fourth-order valence-corrected chi connectivity index (χ4v) is 3.76. The van der Waals surface area contributed by atoms with Crippen molar-refractivity contribution < 1.29 is 13.9 Å². The molecule has 0 unspecified atom stereocenters. The van der Waals surface area contributed by atoms with Crippen LogP contribution in [0.1, 0.15) is 42.4 Å².